The highest BCUT2D eigenvalue weighted by molar-refractivity contribution is 5.78. The molecule has 0 atom stereocenters. The van der Waals surface area contributed by atoms with Gasteiger partial charge in [0.2, 0.25) is 0 Å². The minimum atomic E-state index is 0.739. The quantitative estimate of drug-likeness (QED) is 0.582. The summed E-state index contributed by atoms with van der Waals surface area (Å²) in [6, 6.07) is 10.4. The van der Waals surface area contributed by atoms with E-state index in [1.165, 1.54) is 10.9 Å². The van der Waals surface area contributed by atoms with Gasteiger partial charge in [-0.2, -0.15) is 0 Å². The summed E-state index contributed by atoms with van der Waals surface area (Å²) >= 11 is 0. The Kier molecular flexibility index (Phi) is 5.53. The summed E-state index contributed by atoms with van der Waals surface area (Å²) in [5.74, 6) is 0. The van der Waals surface area contributed by atoms with Crippen molar-refractivity contribution in [3.63, 3.8) is 0 Å². The van der Waals surface area contributed by atoms with E-state index in [-0.39, 0.29) is 0 Å². The molecule has 0 bridgehead atoms. The Morgan fingerprint density at radius 3 is 3.11 bits per heavy atom. The number of aromatic nitrogens is 1. The Balaban J connectivity index is 1.74. The molecule has 0 radical (unpaired) electrons. The van der Waals surface area contributed by atoms with Gasteiger partial charge in [0.15, 0.2) is 0 Å². The van der Waals surface area contributed by atoms with Crippen LogP contribution >= 0.6 is 0 Å². The monoisotopic (exact) mass is 256 g/mol. The van der Waals surface area contributed by atoms with Crippen molar-refractivity contribution in [3.8, 4) is 0 Å². The summed E-state index contributed by atoms with van der Waals surface area (Å²) in [5, 5.41) is 4.56. The Labute approximate surface area is 114 Å². The molecule has 0 aliphatic rings. The highest BCUT2D eigenvalue weighted by Gasteiger charge is 1.96. The van der Waals surface area contributed by atoms with Gasteiger partial charge in [-0.25, -0.2) is 0 Å². The summed E-state index contributed by atoms with van der Waals surface area (Å²) in [5.41, 5.74) is 2.31. The van der Waals surface area contributed by atoms with E-state index in [0.717, 1.165) is 38.2 Å². The molecule has 0 unspecified atom stereocenters. The molecule has 1 aromatic heterocycles. The lowest BCUT2D eigenvalue weighted by atomic mass is 10.1. The van der Waals surface area contributed by atoms with E-state index in [1.54, 1.807) is 0 Å². The van der Waals surface area contributed by atoms with Crippen molar-refractivity contribution in [2.75, 3.05) is 19.8 Å². The van der Waals surface area contributed by atoms with Gasteiger partial charge >= 0.3 is 0 Å². The Bertz CT molecular complexity index is 525. The second kappa shape index (κ2) is 7.67. The van der Waals surface area contributed by atoms with E-state index in [9.17, 15) is 0 Å². The molecular formula is C16H20N2O. The fourth-order valence-electron chi connectivity index (χ4n) is 1.88. The number of pyridine rings is 1. The zero-order chi connectivity index (χ0) is 13.3. The number of fused-ring (bicyclic) bond motifs is 1. The van der Waals surface area contributed by atoms with E-state index in [4.69, 9.17) is 4.74 Å². The Hall–Kier alpha value is -1.71. The van der Waals surface area contributed by atoms with Crippen LogP contribution in [-0.4, -0.2) is 24.7 Å². The molecule has 0 aliphatic heterocycles. The first kappa shape index (κ1) is 13.7. The zero-order valence-corrected chi connectivity index (χ0v) is 11.1. The second-order valence-corrected chi connectivity index (χ2v) is 4.40. The molecule has 0 amide bonds. The van der Waals surface area contributed by atoms with Crippen LogP contribution in [0.5, 0.6) is 0 Å². The SMILES string of the molecule is C=CCCOCCNCc1ccc2ncccc2c1. The number of nitrogens with one attached hydrogen (secondary N) is 1. The van der Waals surface area contributed by atoms with Crippen LogP contribution in [0, 0.1) is 0 Å². The molecule has 0 fully saturated rings. The second-order valence-electron chi connectivity index (χ2n) is 4.40. The predicted molar refractivity (Wildman–Crippen MR) is 79.1 cm³/mol. The van der Waals surface area contributed by atoms with Crippen LogP contribution in [-0.2, 0) is 11.3 Å². The molecule has 19 heavy (non-hydrogen) atoms. The van der Waals surface area contributed by atoms with Crippen LogP contribution in [0.3, 0.4) is 0 Å². The molecule has 3 heteroatoms. The lowest BCUT2D eigenvalue weighted by Gasteiger charge is -2.06. The molecule has 2 aromatic rings. The molecule has 1 aromatic carbocycles. The maximum absolute atomic E-state index is 5.44. The van der Waals surface area contributed by atoms with Gasteiger partial charge in [-0.1, -0.05) is 18.2 Å². The van der Waals surface area contributed by atoms with Gasteiger partial charge < -0.3 is 10.1 Å². The molecule has 3 nitrogen and oxygen atoms in total. The number of nitrogens with zero attached hydrogens (tertiary/aromatic N) is 1. The van der Waals surface area contributed by atoms with Gasteiger partial charge in [0.05, 0.1) is 18.7 Å². The van der Waals surface area contributed by atoms with E-state index in [1.807, 2.05) is 18.3 Å². The molecule has 1 heterocycles. The smallest absolute Gasteiger partial charge is 0.0702 e. The average molecular weight is 256 g/mol. The van der Waals surface area contributed by atoms with Gasteiger partial charge in [0.1, 0.15) is 0 Å². The van der Waals surface area contributed by atoms with Crippen molar-refractivity contribution in [1.29, 1.82) is 0 Å². The fourth-order valence-corrected chi connectivity index (χ4v) is 1.88. The topological polar surface area (TPSA) is 34.1 Å². The summed E-state index contributed by atoms with van der Waals surface area (Å²) in [6.07, 6.45) is 4.61. The van der Waals surface area contributed by atoms with Gasteiger partial charge in [0, 0.05) is 24.7 Å². The maximum Gasteiger partial charge on any atom is 0.0702 e. The van der Waals surface area contributed by atoms with Crippen LogP contribution < -0.4 is 5.32 Å². The van der Waals surface area contributed by atoms with Crippen LogP contribution in [0.2, 0.25) is 0 Å². The van der Waals surface area contributed by atoms with Crippen LogP contribution in [0.15, 0.2) is 49.2 Å². The van der Waals surface area contributed by atoms with Gasteiger partial charge in [-0.15, -0.1) is 6.58 Å². The molecule has 0 saturated carbocycles. The first-order valence-corrected chi connectivity index (χ1v) is 6.63. The van der Waals surface area contributed by atoms with Crippen LogP contribution in [0.4, 0.5) is 0 Å². The Morgan fingerprint density at radius 1 is 1.26 bits per heavy atom. The molecule has 1 N–H and O–H groups in total. The predicted octanol–water partition coefficient (Wildman–Crippen LogP) is 2.92. The summed E-state index contributed by atoms with van der Waals surface area (Å²) < 4.78 is 5.44. The van der Waals surface area contributed by atoms with Crippen molar-refractivity contribution < 1.29 is 4.74 Å². The molecule has 100 valence electrons. The number of hydrogen-bond donors (Lipinski definition) is 1. The van der Waals surface area contributed by atoms with E-state index < -0.39 is 0 Å². The summed E-state index contributed by atoms with van der Waals surface area (Å²) in [6.45, 7) is 6.87. The highest BCUT2D eigenvalue weighted by Crippen LogP contribution is 2.12. The largest absolute Gasteiger partial charge is 0.380 e. The molecule has 2 rings (SSSR count). The van der Waals surface area contributed by atoms with Crippen molar-refractivity contribution in [3.05, 3.63) is 54.7 Å². The minimum absolute atomic E-state index is 0.739. The highest BCUT2D eigenvalue weighted by atomic mass is 16.5. The number of hydrogen-bond acceptors (Lipinski definition) is 3. The third kappa shape index (κ3) is 4.47. The molecule has 0 spiro atoms. The van der Waals surface area contributed by atoms with Crippen LogP contribution in [0.25, 0.3) is 10.9 Å². The van der Waals surface area contributed by atoms with Gasteiger partial charge in [-0.3, -0.25) is 4.98 Å². The lowest BCUT2D eigenvalue weighted by Crippen LogP contribution is -2.19. The standard InChI is InChI=1S/C16H20N2O/c1-2-3-10-19-11-9-17-13-14-6-7-16-15(12-14)5-4-8-18-16/h2,4-8,12,17H,1,3,9-11,13H2. The number of benzene rings is 1. The van der Waals surface area contributed by atoms with E-state index in [0.29, 0.717) is 0 Å². The van der Waals surface area contributed by atoms with E-state index in [2.05, 4.69) is 41.1 Å². The van der Waals surface area contributed by atoms with Crippen molar-refractivity contribution in [2.24, 2.45) is 0 Å². The van der Waals surface area contributed by atoms with Gasteiger partial charge in [-0.05, 0) is 30.2 Å². The van der Waals surface area contributed by atoms with Crippen LogP contribution in [0.1, 0.15) is 12.0 Å². The van der Waals surface area contributed by atoms with Crippen molar-refractivity contribution in [2.45, 2.75) is 13.0 Å². The van der Waals surface area contributed by atoms with Gasteiger partial charge in [0.25, 0.3) is 0 Å². The minimum Gasteiger partial charge on any atom is -0.380 e. The third-order valence-electron chi connectivity index (χ3n) is 2.89. The number of rotatable bonds is 8. The number of ether oxygens (including phenoxy) is 1. The first-order valence-electron chi connectivity index (χ1n) is 6.63. The molecule has 0 saturated heterocycles. The lowest BCUT2D eigenvalue weighted by molar-refractivity contribution is 0.140. The molecular weight excluding hydrogens is 236 g/mol. The summed E-state index contributed by atoms with van der Waals surface area (Å²) in [4.78, 5) is 4.31. The maximum atomic E-state index is 5.44. The van der Waals surface area contributed by atoms with Crippen molar-refractivity contribution >= 4 is 10.9 Å². The van der Waals surface area contributed by atoms with E-state index >= 15 is 0 Å². The normalized spacial score (nSPS) is 10.7. The van der Waals surface area contributed by atoms with Crippen molar-refractivity contribution in [1.82, 2.24) is 10.3 Å². The fraction of sp³-hybridized carbons (Fsp3) is 0.312. The first-order chi connectivity index (χ1) is 9.40. The zero-order valence-electron chi connectivity index (χ0n) is 11.1. The third-order valence-corrected chi connectivity index (χ3v) is 2.89. The summed E-state index contributed by atoms with van der Waals surface area (Å²) in [7, 11) is 0. The molecule has 0 aliphatic carbocycles. The Morgan fingerprint density at radius 2 is 2.21 bits per heavy atom. The average Bonchev–Trinajstić information content (AvgIpc) is 2.46.